The molecule has 2 N–H and O–H groups in total. The highest BCUT2D eigenvalue weighted by Crippen LogP contribution is 2.24. The predicted molar refractivity (Wildman–Crippen MR) is 78.9 cm³/mol. The number of nitrogens with one attached hydrogen (secondary N) is 1. The van der Waals surface area contributed by atoms with Crippen molar-refractivity contribution in [2.24, 2.45) is 0 Å². The third kappa shape index (κ3) is 2.98. The molecule has 0 radical (unpaired) electrons. The minimum atomic E-state index is -3.85. The molecular weight excluding hydrogens is 292 g/mol. The van der Waals surface area contributed by atoms with E-state index in [1.54, 1.807) is 24.3 Å². The van der Waals surface area contributed by atoms with Crippen molar-refractivity contribution >= 4 is 10.0 Å². The minimum absolute atomic E-state index is 0.0953. The highest BCUT2D eigenvalue weighted by Gasteiger charge is 2.23. The second-order valence-corrected chi connectivity index (χ2v) is 6.42. The van der Waals surface area contributed by atoms with E-state index in [2.05, 4.69) is 4.72 Å². The molecule has 1 heterocycles. The third-order valence-electron chi connectivity index (χ3n) is 3.14. The van der Waals surface area contributed by atoms with Gasteiger partial charge in [0.15, 0.2) is 0 Å². The summed E-state index contributed by atoms with van der Waals surface area (Å²) < 4.78 is 27.1. The first kappa shape index (κ1) is 15.3. The van der Waals surface area contributed by atoms with Crippen molar-refractivity contribution in [2.45, 2.75) is 18.4 Å². The smallest absolute Gasteiger partial charge is 0.253 e. The molecular formula is C14H16N2O4S. The van der Waals surface area contributed by atoms with Crippen molar-refractivity contribution in [1.82, 2.24) is 9.29 Å². The summed E-state index contributed by atoms with van der Waals surface area (Å²) in [5.74, 6) is -0.557. The van der Waals surface area contributed by atoms with Gasteiger partial charge in [0, 0.05) is 6.07 Å². The van der Waals surface area contributed by atoms with Crippen LogP contribution in [-0.2, 0) is 16.6 Å². The summed E-state index contributed by atoms with van der Waals surface area (Å²) in [6, 6.07) is 10.2. The molecule has 0 bridgehead atoms. The second kappa shape index (κ2) is 5.71. The van der Waals surface area contributed by atoms with Crippen LogP contribution in [0.15, 0.2) is 46.1 Å². The standard InChI is InChI=1S/C14H16N2O4S/c1-10-8-12(17)16(9-11-6-4-3-5-7-11)14(18)13(10)21(19,20)15-2/h3-8,15,18H,9H2,1-2H3. The molecule has 0 spiro atoms. The van der Waals surface area contributed by atoms with Gasteiger partial charge in [0.2, 0.25) is 15.9 Å². The molecule has 2 rings (SSSR count). The van der Waals surface area contributed by atoms with Crippen LogP contribution in [0.2, 0.25) is 0 Å². The summed E-state index contributed by atoms with van der Waals surface area (Å²) in [6.45, 7) is 1.57. The van der Waals surface area contributed by atoms with Crippen LogP contribution in [0.25, 0.3) is 0 Å². The molecule has 0 fully saturated rings. The summed E-state index contributed by atoms with van der Waals surface area (Å²) in [5.41, 5.74) is 0.534. The van der Waals surface area contributed by atoms with Crippen molar-refractivity contribution in [3.63, 3.8) is 0 Å². The number of aryl methyl sites for hydroxylation is 1. The fourth-order valence-electron chi connectivity index (χ4n) is 2.08. The Kier molecular flexibility index (Phi) is 4.15. The minimum Gasteiger partial charge on any atom is -0.493 e. The number of pyridine rings is 1. The van der Waals surface area contributed by atoms with Crippen molar-refractivity contribution in [3.05, 3.63) is 57.9 Å². The van der Waals surface area contributed by atoms with Gasteiger partial charge in [0.05, 0.1) is 6.54 Å². The van der Waals surface area contributed by atoms with Gasteiger partial charge in [0.1, 0.15) is 4.90 Å². The number of nitrogens with zero attached hydrogens (tertiary/aromatic N) is 1. The molecule has 7 heteroatoms. The molecule has 0 atom stereocenters. The van der Waals surface area contributed by atoms with E-state index in [9.17, 15) is 18.3 Å². The van der Waals surface area contributed by atoms with E-state index < -0.39 is 21.5 Å². The Morgan fingerprint density at radius 1 is 1.24 bits per heavy atom. The van der Waals surface area contributed by atoms with Crippen LogP contribution in [-0.4, -0.2) is 25.1 Å². The van der Waals surface area contributed by atoms with Crippen LogP contribution in [0.1, 0.15) is 11.1 Å². The molecule has 0 saturated carbocycles. The quantitative estimate of drug-likeness (QED) is 0.875. The lowest BCUT2D eigenvalue weighted by atomic mass is 10.2. The number of hydrogen-bond donors (Lipinski definition) is 2. The zero-order valence-electron chi connectivity index (χ0n) is 11.7. The summed E-state index contributed by atoms with van der Waals surface area (Å²) in [5, 5.41) is 10.2. The van der Waals surface area contributed by atoms with Gasteiger partial charge < -0.3 is 5.11 Å². The Morgan fingerprint density at radius 2 is 1.86 bits per heavy atom. The van der Waals surface area contributed by atoms with Crippen LogP contribution < -0.4 is 10.3 Å². The molecule has 112 valence electrons. The van der Waals surface area contributed by atoms with E-state index in [0.717, 1.165) is 10.1 Å². The van der Waals surface area contributed by atoms with Gasteiger partial charge in [-0.25, -0.2) is 13.1 Å². The molecule has 0 saturated heterocycles. The first-order valence-electron chi connectivity index (χ1n) is 6.27. The maximum Gasteiger partial charge on any atom is 0.253 e. The van der Waals surface area contributed by atoms with Gasteiger partial charge in [-0.05, 0) is 25.1 Å². The summed E-state index contributed by atoms with van der Waals surface area (Å²) in [4.78, 5) is 11.7. The average molecular weight is 308 g/mol. The highest BCUT2D eigenvalue weighted by atomic mass is 32.2. The Balaban J connectivity index is 2.63. The zero-order valence-corrected chi connectivity index (χ0v) is 12.5. The van der Waals surface area contributed by atoms with E-state index >= 15 is 0 Å². The number of benzene rings is 1. The van der Waals surface area contributed by atoms with Gasteiger partial charge in [-0.1, -0.05) is 30.3 Å². The average Bonchev–Trinajstić information content (AvgIpc) is 2.44. The van der Waals surface area contributed by atoms with Gasteiger partial charge in [0.25, 0.3) is 5.56 Å². The number of aromatic nitrogens is 1. The summed E-state index contributed by atoms with van der Waals surface area (Å²) >= 11 is 0. The van der Waals surface area contributed by atoms with Crippen LogP contribution in [0.4, 0.5) is 0 Å². The number of rotatable bonds is 4. The molecule has 1 aromatic carbocycles. The largest absolute Gasteiger partial charge is 0.493 e. The van der Waals surface area contributed by atoms with E-state index in [4.69, 9.17) is 0 Å². The number of hydrogen-bond acceptors (Lipinski definition) is 4. The molecule has 1 aromatic heterocycles. The SMILES string of the molecule is CNS(=O)(=O)c1c(C)cc(=O)n(Cc2ccccc2)c1O. The maximum atomic E-state index is 12.0. The predicted octanol–water partition coefficient (Wildman–Crippen LogP) is 0.819. The molecule has 0 unspecified atom stereocenters. The Bertz CT molecular complexity index is 811. The molecule has 0 aliphatic carbocycles. The number of aromatic hydroxyl groups is 1. The van der Waals surface area contributed by atoms with E-state index in [-0.39, 0.29) is 17.0 Å². The number of sulfonamides is 1. The first-order chi connectivity index (χ1) is 9.86. The molecule has 0 amide bonds. The van der Waals surface area contributed by atoms with E-state index in [0.29, 0.717) is 0 Å². The van der Waals surface area contributed by atoms with Gasteiger partial charge in [-0.3, -0.25) is 9.36 Å². The third-order valence-corrected chi connectivity index (χ3v) is 4.72. The summed E-state index contributed by atoms with van der Waals surface area (Å²) in [6.07, 6.45) is 0. The van der Waals surface area contributed by atoms with Crippen molar-refractivity contribution in [1.29, 1.82) is 0 Å². The van der Waals surface area contributed by atoms with Crippen molar-refractivity contribution in [2.75, 3.05) is 7.05 Å². The lowest BCUT2D eigenvalue weighted by molar-refractivity contribution is 0.396. The Morgan fingerprint density at radius 3 is 2.43 bits per heavy atom. The van der Waals surface area contributed by atoms with E-state index in [1.807, 2.05) is 6.07 Å². The topological polar surface area (TPSA) is 88.4 Å². The van der Waals surface area contributed by atoms with Crippen LogP contribution in [0.3, 0.4) is 0 Å². The normalized spacial score (nSPS) is 11.5. The molecule has 6 nitrogen and oxygen atoms in total. The zero-order chi connectivity index (χ0) is 15.6. The lowest BCUT2D eigenvalue weighted by Crippen LogP contribution is -2.26. The first-order valence-corrected chi connectivity index (χ1v) is 7.76. The fourth-order valence-corrected chi connectivity index (χ4v) is 3.12. The van der Waals surface area contributed by atoms with Gasteiger partial charge in [-0.15, -0.1) is 0 Å². The second-order valence-electron chi connectivity index (χ2n) is 4.60. The van der Waals surface area contributed by atoms with Crippen LogP contribution >= 0.6 is 0 Å². The molecule has 2 aromatic rings. The van der Waals surface area contributed by atoms with Gasteiger partial charge in [-0.2, -0.15) is 0 Å². The van der Waals surface area contributed by atoms with Crippen LogP contribution in [0, 0.1) is 6.92 Å². The Labute approximate surface area is 122 Å². The van der Waals surface area contributed by atoms with E-state index in [1.165, 1.54) is 20.0 Å². The molecule has 0 aliphatic rings. The molecule has 21 heavy (non-hydrogen) atoms. The molecule has 0 aliphatic heterocycles. The van der Waals surface area contributed by atoms with Gasteiger partial charge >= 0.3 is 0 Å². The van der Waals surface area contributed by atoms with Crippen LogP contribution in [0.5, 0.6) is 5.88 Å². The van der Waals surface area contributed by atoms with Crippen molar-refractivity contribution in [3.8, 4) is 5.88 Å². The highest BCUT2D eigenvalue weighted by molar-refractivity contribution is 7.89. The lowest BCUT2D eigenvalue weighted by Gasteiger charge is -2.14. The Hall–Kier alpha value is -2.12. The van der Waals surface area contributed by atoms with Crippen molar-refractivity contribution < 1.29 is 13.5 Å². The fraction of sp³-hybridized carbons (Fsp3) is 0.214. The summed E-state index contributed by atoms with van der Waals surface area (Å²) in [7, 11) is -2.60. The maximum absolute atomic E-state index is 12.0. The monoisotopic (exact) mass is 308 g/mol.